The number of allylic oxidation sites excluding steroid dienone is 6. The number of hydrogen-bond acceptors (Lipinski definition) is 1. The maximum Gasteiger partial charge on any atom is 0.0722 e. The van der Waals surface area contributed by atoms with Gasteiger partial charge in [0.1, 0.15) is 0 Å². The molecule has 300 valence electrons. The SMILES string of the molecule is C1=CC2CC3C1=C(c1ccc4ccccc4c1)C1=CC2(c2ccc(-c4ccc(-c5cc(-c6ccccc6)c6c(ccc7ccccc76)n5)cc4)cc2)C1C3c1ccc2ccccc2c1. The fourth-order valence-electron chi connectivity index (χ4n) is 12.6. The van der Waals surface area contributed by atoms with Crippen molar-refractivity contribution in [2.45, 2.75) is 17.8 Å². The molecule has 64 heavy (non-hydrogen) atoms. The van der Waals surface area contributed by atoms with Crippen molar-refractivity contribution in [2.75, 3.05) is 0 Å². The first-order valence-corrected chi connectivity index (χ1v) is 22.9. The van der Waals surface area contributed by atoms with Crippen molar-refractivity contribution in [3.8, 4) is 33.5 Å². The molecule has 3 bridgehead atoms. The third kappa shape index (κ3) is 5.22. The summed E-state index contributed by atoms with van der Waals surface area (Å²) in [5.74, 6) is 1.75. The van der Waals surface area contributed by atoms with Gasteiger partial charge in [-0.3, -0.25) is 0 Å². The van der Waals surface area contributed by atoms with E-state index in [1.807, 2.05) is 0 Å². The largest absolute Gasteiger partial charge is 0.248 e. The zero-order valence-electron chi connectivity index (χ0n) is 35.3. The van der Waals surface area contributed by atoms with Gasteiger partial charge in [0.25, 0.3) is 0 Å². The summed E-state index contributed by atoms with van der Waals surface area (Å²) >= 11 is 0. The smallest absolute Gasteiger partial charge is 0.0722 e. The lowest BCUT2D eigenvalue weighted by atomic mass is 9.37. The summed E-state index contributed by atoms with van der Waals surface area (Å²) in [7, 11) is 0. The van der Waals surface area contributed by atoms with E-state index in [-0.39, 0.29) is 5.41 Å². The first kappa shape index (κ1) is 35.9. The third-order valence-electron chi connectivity index (χ3n) is 15.5. The Morgan fingerprint density at radius 3 is 1.89 bits per heavy atom. The fraction of sp³-hybridized carbons (Fsp3) is 0.0952. The summed E-state index contributed by atoms with van der Waals surface area (Å²) in [6, 6.07) is 76.8. The van der Waals surface area contributed by atoms with E-state index in [1.165, 1.54) is 87.8 Å². The molecule has 1 nitrogen and oxygen atoms in total. The van der Waals surface area contributed by atoms with Crippen molar-refractivity contribution in [1.29, 1.82) is 0 Å². The highest BCUT2D eigenvalue weighted by molar-refractivity contribution is 6.13. The molecule has 5 atom stereocenters. The molecule has 0 radical (unpaired) electrons. The normalized spacial score (nSPS) is 21.7. The van der Waals surface area contributed by atoms with Crippen molar-refractivity contribution >= 4 is 48.8 Å². The zero-order chi connectivity index (χ0) is 41.9. The van der Waals surface area contributed by atoms with Gasteiger partial charge in [-0.15, -0.1) is 0 Å². The molecule has 0 N–H and O–H groups in total. The van der Waals surface area contributed by atoms with E-state index in [0.29, 0.717) is 23.7 Å². The number of rotatable bonds is 6. The maximum absolute atomic E-state index is 5.27. The van der Waals surface area contributed by atoms with Crippen LogP contribution >= 0.6 is 0 Å². The average molecular weight is 814 g/mol. The molecule has 4 aliphatic rings. The van der Waals surface area contributed by atoms with E-state index in [9.17, 15) is 0 Å². The predicted octanol–water partition coefficient (Wildman–Crippen LogP) is 15.9. The molecule has 1 aromatic heterocycles. The molecule has 14 rings (SSSR count). The minimum Gasteiger partial charge on any atom is -0.248 e. The standard InChI is InChI=1S/C63H43N/c1-2-12-43(13-3-1)54-37-58(64-57-33-28-44-14-8-9-17-52(44)61(54)57)45-22-18-41(19-23-45)42-26-29-50(30-27-42)63-38-56-59(48-24-20-39-10-4-6-15-46(39)34-48)53-32-31-51(63)36-55(53)60(62(56)63)49-25-21-40-11-5-7-16-47(40)35-49/h1-35,37-38,51,55,60,62H,36H2. The molecular formula is C63H43N. The molecule has 1 saturated carbocycles. The summed E-state index contributed by atoms with van der Waals surface area (Å²) in [5, 5.41) is 8.91. The lowest BCUT2D eigenvalue weighted by Gasteiger charge is -2.65. The van der Waals surface area contributed by atoms with Crippen LogP contribution in [0.5, 0.6) is 0 Å². The quantitative estimate of drug-likeness (QED) is 0.152. The Morgan fingerprint density at radius 2 is 1.11 bits per heavy atom. The predicted molar refractivity (Wildman–Crippen MR) is 267 cm³/mol. The van der Waals surface area contributed by atoms with Crippen LogP contribution in [0.2, 0.25) is 0 Å². The van der Waals surface area contributed by atoms with Gasteiger partial charge in [-0.25, -0.2) is 4.98 Å². The van der Waals surface area contributed by atoms with E-state index < -0.39 is 0 Å². The van der Waals surface area contributed by atoms with Gasteiger partial charge >= 0.3 is 0 Å². The highest BCUT2D eigenvalue weighted by Gasteiger charge is 2.64. The second-order valence-corrected chi connectivity index (χ2v) is 18.6. The molecular weight excluding hydrogens is 771 g/mol. The lowest BCUT2D eigenvalue weighted by Crippen LogP contribution is -2.59. The van der Waals surface area contributed by atoms with Crippen molar-refractivity contribution in [3.05, 3.63) is 252 Å². The zero-order valence-corrected chi connectivity index (χ0v) is 35.3. The number of aromatic nitrogens is 1. The van der Waals surface area contributed by atoms with Gasteiger partial charge in [-0.1, -0.05) is 206 Å². The van der Waals surface area contributed by atoms with Crippen LogP contribution < -0.4 is 0 Å². The number of nitrogens with zero attached hydrogens (tertiary/aromatic N) is 1. The van der Waals surface area contributed by atoms with E-state index >= 15 is 0 Å². The van der Waals surface area contributed by atoms with Crippen LogP contribution in [0.1, 0.15) is 29.0 Å². The first-order valence-electron chi connectivity index (χ1n) is 22.9. The molecule has 10 aromatic rings. The van der Waals surface area contributed by atoms with Crippen molar-refractivity contribution in [3.63, 3.8) is 0 Å². The van der Waals surface area contributed by atoms with E-state index in [0.717, 1.165) is 23.2 Å². The molecule has 9 aromatic carbocycles. The van der Waals surface area contributed by atoms with Gasteiger partial charge < -0.3 is 0 Å². The summed E-state index contributed by atoms with van der Waals surface area (Å²) in [6.07, 6.45) is 8.96. The van der Waals surface area contributed by atoms with Crippen molar-refractivity contribution in [1.82, 2.24) is 4.98 Å². The van der Waals surface area contributed by atoms with Crippen molar-refractivity contribution in [2.24, 2.45) is 17.8 Å². The lowest BCUT2D eigenvalue weighted by molar-refractivity contribution is 0.104. The number of fused-ring (bicyclic) bond motifs is 7. The van der Waals surface area contributed by atoms with Gasteiger partial charge in [-0.05, 0) is 130 Å². The van der Waals surface area contributed by atoms with Crippen LogP contribution in [0.25, 0.3) is 82.3 Å². The Kier molecular flexibility index (Phi) is 7.69. The molecule has 0 aliphatic heterocycles. The van der Waals surface area contributed by atoms with Gasteiger partial charge in [0, 0.05) is 22.3 Å². The Bertz CT molecular complexity index is 3650. The van der Waals surface area contributed by atoms with Gasteiger partial charge in [0.05, 0.1) is 11.2 Å². The van der Waals surface area contributed by atoms with E-state index in [2.05, 4.69) is 224 Å². The average Bonchev–Trinajstić information content (AvgIpc) is 3.35. The minimum absolute atomic E-state index is 0.0708. The molecule has 0 saturated heterocycles. The molecule has 1 heteroatoms. The fourth-order valence-corrected chi connectivity index (χ4v) is 12.6. The van der Waals surface area contributed by atoms with Gasteiger partial charge in [-0.2, -0.15) is 0 Å². The van der Waals surface area contributed by atoms with E-state index in [1.54, 1.807) is 5.57 Å². The third-order valence-corrected chi connectivity index (χ3v) is 15.5. The molecule has 5 unspecified atom stereocenters. The second kappa shape index (κ2) is 13.7. The van der Waals surface area contributed by atoms with E-state index in [4.69, 9.17) is 4.98 Å². The van der Waals surface area contributed by atoms with Crippen LogP contribution in [0.4, 0.5) is 0 Å². The monoisotopic (exact) mass is 813 g/mol. The number of pyridine rings is 1. The van der Waals surface area contributed by atoms with Gasteiger partial charge in [0.2, 0.25) is 0 Å². The second-order valence-electron chi connectivity index (χ2n) is 18.6. The Balaban J connectivity index is 0.848. The van der Waals surface area contributed by atoms with Gasteiger partial charge in [0.15, 0.2) is 0 Å². The number of hydrogen-bond donors (Lipinski definition) is 0. The number of benzene rings is 9. The summed E-state index contributed by atoms with van der Waals surface area (Å²) in [5.41, 5.74) is 16.7. The maximum atomic E-state index is 5.27. The van der Waals surface area contributed by atoms with Crippen molar-refractivity contribution < 1.29 is 0 Å². The first-order chi connectivity index (χ1) is 31.7. The van der Waals surface area contributed by atoms with Crippen LogP contribution in [-0.4, -0.2) is 4.98 Å². The highest BCUT2D eigenvalue weighted by atomic mass is 14.7. The Labute approximate surface area is 373 Å². The molecule has 1 heterocycles. The Morgan fingerprint density at radius 1 is 0.484 bits per heavy atom. The molecule has 1 fully saturated rings. The Hall–Kier alpha value is -7.61. The minimum atomic E-state index is -0.0708. The molecule has 4 aliphatic carbocycles. The van der Waals surface area contributed by atoms with Crippen LogP contribution in [0, 0.1) is 17.8 Å². The summed E-state index contributed by atoms with van der Waals surface area (Å²) in [4.78, 5) is 5.27. The van der Waals surface area contributed by atoms with Crippen LogP contribution in [0.15, 0.2) is 236 Å². The molecule has 0 spiro atoms. The topological polar surface area (TPSA) is 12.9 Å². The summed E-state index contributed by atoms with van der Waals surface area (Å²) in [6.45, 7) is 0. The van der Waals surface area contributed by atoms with Crippen LogP contribution in [0.3, 0.4) is 0 Å². The highest BCUT2D eigenvalue weighted by Crippen LogP contribution is 2.72. The summed E-state index contributed by atoms with van der Waals surface area (Å²) < 4.78 is 0. The van der Waals surface area contributed by atoms with Crippen LogP contribution in [-0.2, 0) is 5.41 Å². The molecule has 0 amide bonds.